The van der Waals surface area contributed by atoms with Gasteiger partial charge in [-0.15, -0.1) is 0 Å². The zero-order chi connectivity index (χ0) is 13.8. The summed E-state index contributed by atoms with van der Waals surface area (Å²) < 4.78 is 0. The van der Waals surface area contributed by atoms with Crippen LogP contribution in [0, 0.1) is 11.8 Å². The quantitative estimate of drug-likeness (QED) is 0.390. The number of carbonyl (C=O) groups is 1. The number of hydrogen-bond donors (Lipinski definition) is 1. The van der Waals surface area contributed by atoms with Crippen molar-refractivity contribution in [2.45, 2.75) is 6.92 Å². The molecule has 3 heteroatoms. The molecule has 0 aliphatic rings. The van der Waals surface area contributed by atoms with Crippen molar-refractivity contribution in [2.75, 3.05) is 5.73 Å². The van der Waals surface area contributed by atoms with Gasteiger partial charge < -0.3 is 5.73 Å². The molecule has 0 atom stereocenters. The number of carbonyl (C=O) groups excluding carboxylic acids is 1. The van der Waals surface area contributed by atoms with E-state index in [2.05, 4.69) is 11.8 Å². The Kier molecular flexibility index (Phi) is 3.89. The number of halogens is 1. The summed E-state index contributed by atoms with van der Waals surface area (Å²) in [4.78, 5) is 11.8. The van der Waals surface area contributed by atoms with Crippen molar-refractivity contribution >= 4 is 23.1 Å². The number of nitrogens with two attached hydrogens (primary N) is 1. The molecule has 94 valence electrons. The first kappa shape index (κ1) is 13.2. The maximum atomic E-state index is 11.8. The summed E-state index contributed by atoms with van der Waals surface area (Å²) >= 11 is 5.96. The van der Waals surface area contributed by atoms with Crippen LogP contribution >= 0.6 is 11.6 Å². The van der Waals surface area contributed by atoms with E-state index in [1.165, 1.54) is 0 Å². The highest BCUT2D eigenvalue weighted by atomic mass is 35.5. The van der Waals surface area contributed by atoms with Crippen LogP contribution in [0.15, 0.2) is 42.5 Å². The SMILES string of the molecule is CC#CC(=O)c1cc(-c2cccc(Cl)c2)ccc1N. The topological polar surface area (TPSA) is 43.1 Å². The van der Waals surface area contributed by atoms with Gasteiger partial charge in [-0.2, -0.15) is 0 Å². The van der Waals surface area contributed by atoms with E-state index in [0.29, 0.717) is 16.3 Å². The molecule has 2 nitrogen and oxygen atoms in total. The summed E-state index contributed by atoms with van der Waals surface area (Å²) in [6.07, 6.45) is 0. The molecule has 0 aromatic heterocycles. The van der Waals surface area contributed by atoms with E-state index >= 15 is 0 Å². The first-order valence-electron chi connectivity index (χ1n) is 5.74. The number of ketones is 1. The Hall–Kier alpha value is -2.24. The van der Waals surface area contributed by atoms with Gasteiger partial charge in [0, 0.05) is 10.7 Å². The zero-order valence-electron chi connectivity index (χ0n) is 10.4. The van der Waals surface area contributed by atoms with Crippen LogP contribution < -0.4 is 5.73 Å². The summed E-state index contributed by atoms with van der Waals surface area (Å²) in [5.41, 5.74) is 8.49. The molecule has 0 fully saturated rings. The maximum absolute atomic E-state index is 11.8. The molecule has 2 aromatic rings. The van der Waals surface area contributed by atoms with Gasteiger partial charge in [0.25, 0.3) is 0 Å². The Bertz CT molecular complexity index is 695. The molecule has 0 spiro atoms. The summed E-state index contributed by atoms with van der Waals surface area (Å²) in [6.45, 7) is 1.62. The van der Waals surface area contributed by atoms with Crippen LogP contribution in [-0.4, -0.2) is 5.78 Å². The fourth-order valence-corrected chi connectivity index (χ4v) is 1.97. The predicted molar refractivity (Wildman–Crippen MR) is 79.1 cm³/mol. The van der Waals surface area contributed by atoms with Gasteiger partial charge in [0.05, 0.1) is 5.56 Å². The molecule has 0 saturated carbocycles. The minimum absolute atomic E-state index is 0.274. The van der Waals surface area contributed by atoms with Gasteiger partial charge in [0.15, 0.2) is 0 Å². The van der Waals surface area contributed by atoms with Gasteiger partial charge >= 0.3 is 0 Å². The lowest BCUT2D eigenvalue weighted by atomic mass is 10.00. The molecule has 2 aromatic carbocycles. The van der Waals surface area contributed by atoms with Crippen LogP contribution in [0.2, 0.25) is 5.02 Å². The lowest BCUT2D eigenvalue weighted by molar-refractivity contribution is 0.105. The highest BCUT2D eigenvalue weighted by molar-refractivity contribution is 6.30. The van der Waals surface area contributed by atoms with Crippen LogP contribution in [0.5, 0.6) is 0 Å². The van der Waals surface area contributed by atoms with Crippen molar-refractivity contribution in [2.24, 2.45) is 0 Å². The smallest absolute Gasteiger partial charge is 0.237 e. The fourth-order valence-electron chi connectivity index (χ4n) is 1.78. The fraction of sp³-hybridized carbons (Fsp3) is 0.0625. The summed E-state index contributed by atoms with van der Waals surface area (Å²) in [5, 5.41) is 0.649. The second kappa shape index (κ2) is 5.60. The van der Waals surface area contributed by atoms with Crippen molar-refractivity contribution in [3.05, 3.63) is 53.1 Å². The van der Waals surface area contributed by atoms with Crippen LogP contribution in [0.4, 0.5) is 5.69 Å². The number of anilines is 1. The minimum atomic E-state index is -0.274. The summed E-state index contributed by atoms with van der Waals surface area (Å²) in [5.74, 6) is 4.81. The Balaban J connectivity index is 2.51. The molecular formula is C16H12ClNO. The molecule has 2 rings (SSSR count). The van der Waals surface area contributed by atoms with E-state index < -0.39 is 0 Å². The van der Waals surface area contributed by atoms with E-state index in [0.717, 1.165) is 11.1 Å². The second-order valence-corrected chi connectivity index (χ2v) is 4.45. The summed E-state index contributed by atoms with van der Waals surface area (Å²) in [7, 11) is 0. The molecule has 0 saturated heterocycles. The van der Waals surface area contributed by atoms with Crippen LogP contribution in [0.1, 0.15) is 17.3 Å². The van der Waals surface area contributed by atoms with Crippen molar-refractivity contribution < 1.29 is 4.79 Å². The third-order valence-electron chi connectivity index (χ3n) is 2.69. The number of hydrogen-bond acceptors (Lipinski definition) is 2. The largest absolute Gasteiger partial charge is 0.398 e. The van der Waals surface area contributed by atoms with Gasteiger partial charge in [0.2, 0.25) is 5.78 Å². The monoisotopic (exact) mass is 269 g/mol. The van der Waals surface area contributed by atoms with Crippen LogP contribution in [0.3, 0.4) is 0 Å². The molecule has 0 bridgehead atoms. The first-order chi connectivity index (χ1) is 9.11. The van der Waals surface area contributed by atoms with Gasteiger partial charge in [-0.1, -0.05) is 35.7 Å². The zero-order valence-corrected chi connectivity index (χ0v) is 11.2. The predicted octanol–water partition coefficient (Wildman–Crippen LogP) is 3.80. The number of rotatable bonds is 2. The highest BCUT2D eigenvalue weighted by Gasteiger charge is 2.09. The highest BCUT2D eigenvalue weighted by Crippen LogP contribution is 2.26. The summed E-state index contributed by atoms with van der Waals surface area (Å²) in [6, 6.07) is 12.7. The Morgan fingerprint density at radius 2 is 1.89 bits per heavy atom. The van der Waals surface area contributed by atoms with Crippen molar-refractivity contribution in [1.82, 2.24) is 0 Å². The lowest BCUT2D eigenvalue weighted by Crippen LogP contribution is -2.01. The Labute approximate surface area is 117 Å². The van der Waals surface area contributed by atoms with Gasteiger partial charge in [-0.05, 0) is 48.2 Å². The standard InChI is InChI=1S/C16H12ClNO/c1-2-4-16(19)14-10-12(7-8-15(14)18)11-5-3-6-13(17)9-11/h3,5-10H,18H2,1H3. The lowest BCUT2D eigenvalue weighted by Gasteiger charge is -2.06. The normalized spacial score (nSPS) is 9.58. The van der Waals surface area contributed by atoms with Gasteiger partial charge in [-0.3, -0.25) is 4.79 Å². The van der Waals surface area contributed by atoms with Crippen molar-refractivity contribution in [3.63, 3.8) is 0 Å². The second-order valence-electron chi connectivity index (χ2n) is 4.02. The van der Waals surface area contributed by atoms with Gasteiger partial charge in [-0.25, -0.2) is 0 Å². The Morgan fingerprint density at radius 1 is 1.16 bits per heavy atom. The van der Waals surface area contributed by atoms with E-state index in [1.807, 2.05) is 24.3 Å². The average Bonchev–Trinajstić information content (AvgIpc) is 2.39. The third-order valence-corrected chi connectivity index (χ3v) is 2.93. The third kappa shape index (κ3) is 2.96. The van der Waals surface area contributed by atoms with Crippen LogP contribution in [-0.2, 0) is 0 Å². The Morgan fingerprint density at radius 3 is 2.58 bits per heavy atom. The molecule has 0 radical (unpaired) electrons. The average molecular weight is 270 g/mol. The van der Waals surface area contributed by atoms with E-state index in [-0.39, 0.29) is 5.78 Å². The number of benzene rings is 2. The minimum Gasteiger partial charge on any atom is -0.398 e. The molecular weight excluding hydrogens is 258 g/mol. The molecule has 0 heterocycles. The van der Waals surface area contributed by atoms with E-state index in [4.69, 9.17) is 17.3 Å². The van der Waals surface area contributed by atoms with E-state index in [9.17, 15) is 4.79 Å². The first-order valence-corrected chi connectivity index (χ1v) is 6.12. The maximum Gasteiger partial charge on any atom is 0.237 e. The molecule has 0 unspecified atom stereocenters. The molecule has 0 aliphatic heterocycles. The van der Waals surface area contributed by atoms with Crippen molar-refractivity contribution in [3.8, 4) is 23.0 Å². The molecule has 0 amide bonds. The number of nitrogen functional groups attached to an aromatic ring is 1. The van der Waals surface area contributed by atoms with Gasteiger partial charge in [0.1, 0.15) is 0 Å². The molecule has 2 N–H and O–H groups in total. The van der Waals surface area contributed by atoms with E-state index in [1.54, 1.807) is 25.1 Å². The van der Waals surface area contributed by atoms with Crippen molar-refractivity contribution in [1.29, 1.82) is 0 Å². The van der Waals surface area contributed by atoms with Crippen LogP contribution in [0.25, 0.3) is 11.1 Å². The number of Topliss-reactive ketones (excluding diaryl/α,β-unsaturated/α-hetero) is 1. The molecule has 19 heavy (non-hydrogen) atoms. The molecule has 0 aliphatic carbocycles.